The van der Waals surface area contributed by atoms with Gasteiger partial charge in [0.2, 0.25) is 0 Å². The van der Waals surface area contributed by atoms with E-state index in [9.17, 15) is 0 Å². The van der Waals surface area contributed by atoms with E-state index < -0.39 is 0 Å². The highest BCUT2D eigenvalue weighted by atomic mass is 17.2. The standard InChI is InChI=1S/C3H7BO2/c1-2-4-6-5-3-1/h4H,1-3H2/i2D. The van der Waals surface area contributed by atoms with Crippen molar-refractivity contribution in [1.82, 2.24) is 0 Å². The van der Waals surface area contributed by atoms with Crippen LogP contribution in [-0.2, 0) is 9.69 Å². The number of hydrogen-bond donors (Lipinski definition) is 0. The fourth-order valence-corrected chi connectivity index (χ4v) is 0.370. The third-order valence-electron chi connectivity index (χ3n) is 0.675. The van der Waals surface area contributed by atoms with Gasteiger partial charge in [0.1, 0.15) is 0 Å². The van der Waals surface area contributed by atoms with Gasteiger partial charge in [0.05, 0.1) is 6.61 Å². The van der Waals surface area contributed by atoms with E-state index in [0.717, 1.165) is 6.42 Å². The van der Waals surface area contributed by atoms with Crippen LogP contribution in [-0.4, -0.2) is 14.1 Å². The summed E-state index contributed by atoms with van der Waals surface area (Å²) in [6, 6.07) is 0. The maximum absolute atomic E-state index is 7.07. The van der Waals surface area contributed by atoms with E-state index in [1.807, 2.05) is 0 Å². The van der Waals surface area contributed by atoms with Gasteiger partial charge in [-0.1, -0.05) is 0 Å². The Morgan fingerprint density at radius 3 is 3.17 bits per heavy atom. The van der Waals surface area contributed by atoms with E-state index in [1.165, 1.54) is 0 Å². The molecule has 0 spiro atoms. The van der Waals surface area contributed by atoms with Crippen molar-refractivity contribution in [3.05, 3.63) is 0 Å². The minimum absolute atomic E-state index is 0.0613. The molecule has 0 aromatic heterocycles. The Bertz CT molecular complexity index is 54.9. The fraction of sp³-hybridized carbons (Fsp3) is 1.00. The first kappa shape index (κ1) is 3.05. The Balaban J connectivity index is 2.12. The van der Waals surface area contributed by atoms with Gasteiger partial charge in [0.15, 0.2) is 0 Å². The predicted molar refractivity (Wildman–Crippen MR) is 23.6 cm³/mol. The lowest BCUT2D eigenvalue weighted by Gasteiger charge is -2.06. The molecule has 1 heterocycles. The van der Waals surface area contributed by atoms with Crippen molar-refractivity contribution in [3.8, 4) is 0 Å². The summed E-state index contributed by atoms with van der Waals surface area (Å²) in [7, 11) is 0.431. The zero-order valence-corrected chi connectivity index (χ0v) is 3.52. The molecule has 6 heavy (non-hydrogen) atoms. The molecule has 0 N–H and O–H groups in total. The van der Waals surface area contributed by atoms with Crippen molar-refractivity contribution in [2.45, 2.75) is 12.7 Å². The first-order valence-electron chi connectivity index (χ1n) is 2.64. The van der Waals surface area contributed by atoms with Gasteiger partial charge in [-0.3, -0.25) is 4.89 Å². The Hall–Kier alpha value is -0.0151. The Labute approximate surface area is 39.0 Å². The van der Waals surface area contributed by atoms with Crippen LogP contribution < -0.4 is 0 Å². The summed E-state index contributed by atoms with van der Waals surface area (Å²) in [6.07, 6.45) is 0.744. The summed E-state index contributed by atoms with van der Waals surface area (Å²) in [4.78, 5) is 9.01. The van der Waals surface area contributed by atoms with Crippen LogP contribution in [0.4, 0.5) is 0 Å². The summed E-state index contributed by atoms with van der Waals surface area (Å²) < 4.78 is 7.07. The molecule has 1 unspecified atom stereocenters. The van der Waals surface area contributed by atoms with E-state index in [2.05, 4.69) is 9.69 Å². The third kappa shape index (κ3) is 0.991. The largest absolute Gasteiger partial charge is 0.323 e. The molecule has 1 aliphatic heterocycles. The highest BCUT2D eigenvalue weighted by molar-refractivity contribution is 6.26. The van der Waals surface area contributed by atoms with Gasteiger partial charge in [-0.05, 0) is 12.7 Å². The summed E-state index contributed by atoms with van der Waals surface area (Å²) >= 11 is 0. The lowest BCUT2D eigenvalue weighted by molar-refractivity contribution is -0.216. The second-order valence-electron chi connectivity index (χ2n) is 1.18. The lowest BCUT2D eigenvalue weighted by Crippen LogP contribution is -2.08. The van der Waals surface area contributed by atoms with Gasteiger partial charge in [0, 0.05) is 1.37 Å². The molecule has 0 radical (unpaired) electrons. The second-order valence-corrected chi connectivity index (χ2v) is 1.18. The van der Waals surface area contributed by atoms with Crippen LogP contribution in [0.5, 0.6) is 0 Å². The molecule has 0 saturated carbocycles. The maximum atomic E-state index is 7.07. The average molecular weight is 86.9 g/mol. The van der Waals surface area contributed by atoms with Gasteiger partial charge >= 0.3 is 7.48 Å². The molecule has 0 aromatic rings. The van der Waals surface area contributed by atoms with E-state index in [0.29, 0.717) is 14.1 Å². The zero-order chi connectivity index (χ0) is 5.11. The van der Waals surface area contributed by atoms with Crippen LogP contribution in [0.1, 0.15) is 7.79 Å². The lowest BCUT2D eigenvalue weighted by atomic mass is 9.93. The molecule has 1 atom stereocenters. The molecule has 2 nitrogen and oxygen atoms in total. The minimum Gasteiger partial charge on any atom is -0.310 e. The average Bonchev–Trinajstić information content (AvgIpc) is 1.69. The van der Waals surface area contributed by atoms with Crippen molar-refractivity contribution in [2.24, 2.45) is 0 Å². The topological polar surface area (TPSA) is 18.5 Å². The molecule has 0 aliphatic carbocycles. The van der Waals surface area contributed by atoms with Crippen molar-refractivity contribution in [1.29, 1.82) is 0 Å². The summed E-state index contributed by atoms with van der Waals surface area (Å²) in [5, 5.41) is 0. The normalized spacial score (nSPS) is 37.3. The van der Waals surface area contributed by atoms with E-state index in [-0.39, 0.29) is 6.30 Å². The number of rotatable bonds is 0. The molecule has 0 amide bonds. The van der Waals surface area contributed by atoms with Gasteiger partial charge in [-0.2, -0.15) is 0 Å². The molecule has 3 heteroatoms. The SMILES string of the molecule is [2H]C1BOOCC1. The van der Waals surface area contributed by atoms with Crippen LogP contribution in [0.2, 0.25) is 6.30 Å². The smallest absolute Gasteiger partial charge is 0.310 e. The minimum atomic E-state index is -0.0613. The third-order valence-corrected chi connectivity index (χ3v) is 0.675. The van der Waals surface area contributed by atoms with Crippen molar-refractivity contribution in [3.63, 3.8) is 0 Å². The molecule has 1 rings (SSSR count). The molecule has 0 bridgehead atoms. The van der Waals surface area contributed by atoms with Crippen molar-refractivity contribution in [2.75, 3.05) is 6.61 Å². The van der Waals surface area contributed by atoms with Crippen molar-refractivity contribution >= 4 is 7.48 Å². The molecular formula is C3H7BO2. The second kappa shape index (κ2) is 2.21. The molecule has 34 valence electrons. The fourth-order valence-electron chi connectivity index (χ4n) is 0.370. The molecule has 1 aliphatic rings. The van der Waals surface area contributed by atoms with Gasteiger partial charge in [-0.25, -0.2) is 0 Å². The highest BCUT2D eigenvalue weighted by Gasteiger charge is 1.99. The van der Waals surface area contributed by atoms with E-state index >= 15 is 0 Å². The maximum Gasteiger partial charge on any atom is 0.323 e. The molecule has 0 aromatic carbocycles. The van der Waals surface area contributed by atoms with Crippen LogP contribution >= 0.6 is 0 Å². The van der Waals surface area contributed by atoms with E-state index in [4.69, 9.17) is 1.37 Å². The Kier molecular flexibility index (Phi) is 1.12. The van der Waals surface area contributed by atoms with Gasteiger partial charge in [-0.15, -0.1) is 0 Å². The Morgan fingerprint density at radius 1 is 1.83 bits per heavy atom. The van der Waals surface area contributed by atoms with E-state index in [1.54, 1.807) is 0 Å². The van der Waals surface area contributed by atoms with Crippen LogP contribution in [0.25, 0.3) is 0 Å². The van der Waals surface area contributed by atoms with Gasteiger partial charge < -0.3 is 4.81 Å². The summed E-state index contributed by atoms with van der Waals surface area (Å²) in [5.74, 6) is 0. The number of hydrogen-bond acceptors (Lipinski definition) is 2. The highest BCUT2D eigenvalue weighted by Crippen LogP contribution is 1.96. The molecule has 1 saturated heterocycles. The molecular weight excluding hydrogens is 78.8 g/mol. The summed E-state index contributed by atoms with van der Waals surface area (Å²) in [6.45, 7) is 0.578. The van der Waals surface area contributed by atoms with Crippen molar-refractivity contribution < 1.29 is 11.1 Å². The predicted octanol–water partition coefficient (Wildman–Crippen LogP) is 0.108. The quantitative estimate of drug-likeness (QED) is 0.308. The zero-order valence-electron chi connectivity index (χ0n) is 4.52. The van der Waals surface area contributed by atoms with Crippen LogP contribution in [0, 0.1) is 0 Å². The first-order valence-corrected chi connectivity index (χ1v) is 2.06. The monoisotopic (exact) mass is 87.1 g/mol. The van der Waals surface area contributed by atoms with Crippen LogP contribution in [0.15, 0.2) is 0 Å². The molecule has 1 fully saturated rings. The first-order chi connectivity index (χ1) is 3.39. The summed E-state index contributed by atoms with van der Waals surface area (Å²) in [5.41, 5.74) is 0. The van der Waals surface area contributed by atoms with Gasteiger partial charge in [0.25, 0.3) is 0 Å². The Morgan fingerprint density at radius 2 is 2.83 bits per heavy atom. The van der Waals surface area contributed by atoms with Crippen LogP contribution in [0.3, 0.4) is 0 Å².